The minimum atomic E-state index is -1.41. The van der Waals surface area contributed by atoms with Crippen molar-refractivity contribution in [1.82, 2.24) is 4.90 Å². The third-order valence-corrected chi connectivity index (χ3v) is 4.12. The molecule has 1 amide bonds. The lowest BCUT2D eigenvalue weighted by Gasteiger charge is -2.39. The summed E-state index contributed by atoms with van der Waals surface area (Å²) in [5.74, 6) is -0.824. The molecular formula is C16H22FNO4. The molecule has 0 bridgehead atoms. The topological polar surface area (TPSA) is 59.0 Å². The molecule has 1 N–H and O–H groups in total. The van der Waals surface area contributed by atoms with Crippen LogP contribution in [0, 0.1) is 5.82 Å². The van der Waals surface area contributed by atoms with Gasteiger partial charge < -0.3 is 19.5 Å². The Labute approximate surface area is 129 Å². The average molecular weight is 311 g/mol. The molecule has 3 atom stereocenters. The quantitative estimate of drug-likeness (QED) is 0.910. The number of carbonyl (C=O) groups is 1. The van der Waals surface area contributed by atoms with Crippen molar-refractivity contribution in [2.45, 2.75) is 31.7 Å². The van der Waals surface area contributed by atoms with Gasteiger partial charge in [0, 0.05) is 25.8 Å². The van der Waals surface area contributed by atoms with Crippen molar-refractivity contribution in [3.05, 3.63) is 35.6 Å². The second-order valence-electron chi connectivity index (χ2n) is 5.62. The number of morpholine rings is 1. The Kier molecular flexibility index (Phi) is 5.16. The highest BCUT2D eigenvalue weighted by Crippen LogP contribution is 2.30. The summed E-state index contributed by atoms with van der Waals surface area (Å²) in [6.45, 7) is 4.14. The molecule has 1 aromatic carbocycles. The van der Waals surface area contributed by atoms with Gasteiger partial charge in [0.1, 0.15) is 11.9 Å². The Bertz CT molecular complexity index is 537. The van der Waals surface area contributed by atoms with Crippen LogP contribution in [0.5, 0.6) is 0 Å². The van der Waals surface area contributed by atoms with Crippen LogP contribution < -0.4 is 0 Å². The number of amides is 1. The lowest BCUT2D eigenvalue weighted by atomic mass is 9.93. The second kappa shape index (κ2) is 6.73. The molecule has 3 unspecified atom stereocenters. The van der Waals surface area contributed by atoms with E-state index in [1.165, 1.54) is 13.2 Å². The van der Waals surface area contributed by atoms with Gasteiger partial charge in [0.25, 0.3) is 5.91 Å². The Morgan fingerprint density at radius 1 is 1.55 bits per heavy atom. The smallest absolute Gasteiger partial charge is 0.259 e. The van der Waals surface area contributed by atoms with Crippen LogP contribution in [0.15, 0.2) is 24.3 Å². The maximum Gasteiger partial charge on any atom is 0.259 e. The summed E-state index contributed by atoms with van der Waals surface area (Å²) in [6, 6.07) is 6.08. The number of aliphatic hydroxyl groups is 1. The van der Waals surface area contributed by atoms with E-state index < -0.39 is 23.6 Å². The zero-order valence-corrected chi connectivity index (χ0v) is 13.1. The SMILES string of the molecule is COC(C)(C(=O)N1CCOC(C(C)O)C1)c1ccccc1F. The van der Waals surface area contributed by atoms with Crippen LogP contribution in [-0.2, 0) is 19.9 Å². The predicted molar refractivity (Wildman–Crippen MR) is 78.8 cm³/mol. The standard InChI is InChI=1S/C16H22FNO4/c1-11(19)14-10-18(8-9-22-14)15(20)16(2,21-3)12-6-4-5-7-13(12)17/h4-7,11,14,19H,8-10H2,1-3H3. The monoisotopic (exact) mass is 311 g/mol. The van der Waals surface area contributed by atoms with Crippen molar-refractivity contribution >= 4 is 5.91 Å². The van der Waals surface area contributed by atoms with Crippen LogP contribution in [0.3, 0.4) is 0 Å². The van der Waals surface area contributed by atoms with E-state index in [1.54, 1.807) is 36.9 Å². The van der Waals surface area contributed by atoms with Crippen molar-refractivity contribution in [3.63, 3.8) is 0 Å². The van der Waals surface area contributed by atoms with Gasteiger partial charge >= 0.3 is 0 Å². The minimum Gasteiger partial charge on any atom is -0.391 e. The van der Waals surface area contributed by atoms with E-state index >= 15 is 0 Å². The van der Waals surface area contributed by atoms with E-state index in [0.717, 1.165) is 0 Å². The average Bonchev–Trinajstić information content (AvgIpc) is 2.54. The van der Waals surface area contributed by atoms with E-state index in [0.29, 0.717) is 13.2 Å². The van der Waals surface area contributed by atoms with Crippen molar-refractivity contribution < 1.29 is 23.8 Å². The van der Waals surface area contributed by atoms with Gasteiger partial charge in [-0.3, -0.25) is 4.79 Å². The number of rotatable bonds is 4. The molecule has 0 aromatic heterocycles. The molecule has 2 rings (SSSR count). The number of hydrogen-bond acceptors (Lipinski definition) is 4. The van der Waals surface area contributed by atoms with E-state index in [1.807, 2.05) is 0 Å². The van der Waals surface area contributed by atoms with Gasteiger partial charge in [0.15, 0.2) is 5.60 Å². The van der Waals surface area contributed by atoms with E-state index in [9.17, 15) is 14.3 Å². The third kappa shape index (κ3) is 3.14. The molecule has 1 aromatic rings. The van der Waals surface area contributed by atoms with Gasteiger partial charge in [0.05, 0.1) is 12.7 Å². The molecule has 22 heavy (non-hydrogen) atoms. The number of nitrogens with zero attached hydrogens (tertiary/aromatic N) is 1. The molecule has 122 valence electrons. The number of carbonyl (C=O) groups excluding carboxylic acids is 1. The molecule has 0 aliphatic carbocycles. The first-order chi connectivity index (χ1) is 10.4. The van der Waals surface area contributed by atoms with Crippen LogP contribution in [-0.4, -0.2) is 54.9 Å². The largest absolute Gasteiger partial charge is 0.391 e. The molecule has 1 heterocycles. The van der Waals surface area contributed by atoms with Crippen LogP contribution in [0.2, 0.25) is 0 Å². The lowest BCUT2D eigenvalue weighted by Crippen LogP contribution is -2.55. The molecule has 1 aliphatic heterocycles. The fraction of sp³-hybridized carbons (Fsp3) is 0.562. The first kappa shape index (κ1) is 16.9. The summed E-state index contributed by atoms with van der Waals surface area (Å²) in [5.41, 5.74) is -1.21. The molecule has 1 aliphatic rings. The fourth-order valence-electron chi connectivity index (χ4n) is 2.61. The Morgan fingerprint density at radius 2 is 2.23 bits per heavy atom. The van der Waals surface area contributed by atoms with Crippen LogP contribution in [0.25, 0.3) is 0 Å². The maximum atomic E-state index is 14.1. The first-order valence-electron chi connectivity index (χ1n) is 7.29. The summed E-state index contributed by atoms with van der Waals surface area (Å²) in [7, 11) is 1.39. The maximum absolute atomic E-state index is 14.1. The first-order valence-corrected chi connectivity index (χ1v) is 7.29. The Balaban J connectivity index is 2.27. The van der Waals surface area contributed by atoms with Crippen molar-refractivity contribution in [1.29, 1.82) is 0 Å². The lowest BCUT2D eigenvalue weighted by molar-refractivity contribution is -0.165. The molecule has 5 nitrogen and oxygen atoms in total. The summed E-state index contributed by atoms with van der Waals surface area (Å²) in [5, 5.41) is 9.64. The van der Waals surface area contributed by atoms with Crippen molar-refractivity contribution in [3.8, 4) is 0 Å². The highest BCUT2D eigenvalue weighted by atomic mass is 19.1. The van der Waals surface area contributed by atoms with Gasteiger partial charge in [-0.2, -0.15) is 0 Å². The highest BCUT2D eigenvalue weighted by Gasteiger charge is 2.42. The summed E-state index contributed by atoms with van der Waals surface area (Å²) >= 11 is 0. The third-order valence-electron chi connectivity index (χ3n) is 4.12. The van der Waals surface area contributed by atoms with Gasteiger partial charge in [0.2, 0.25) is 0 Å². The number of hydrogen-bond donors (Lipinski definition) is 1. The molecule has 0 saturated carbocycles. The summed E-state index contributed by atoms with van der Waals surface area (Å²) in [6.07, 6.45) is -1.13. The van der Waals surface area contributed by atoms with Gasteiger partial charge in [-0.05, 0) is 19.9 Å². The van der Waals surface area contributed by atoms with Crippen LogP contribution in [0.4, 0.5) is 4.39 Å². The van der Waals surface area contributed by atoms with E-state index in [-0.39, 0.29) is 18.0 Å². The predicted octanol–water partition coefficient (Wildman–Crippen LogP) is 1.30. The number of methoxy groups -OCH3 is 1. The number of ether oxygens (including phenoxy) is 2. The molecule has 1 saturated heterocycles. The van der Waals surface area contributed by atoms with E-state index in [4.69, 9.17) is 9.47 Å². The molecule has 0 spiro atoms. The summed E-state index contributed by atoms with van der Waals surface area (Å²) in [4.78, 5) is 14.4. The van der Waals surface area contributed by atoms with Gasteiger partial charge in [-0.15, -0.1) is 0 Å². The number of aliphatic hydroxyl groups excluding tert-OH is 1. The molecular weight excluding hydrogens is 289 g/mol. The second-order valence-corrected chi connectivity index (χ2v) is 5.62. The minimum absolute atomic E-state index is 0.197. The Hall–Kier alpha value is -1.50. The number of benzene rings is 1. The van der Waals surface area contributed by atoms with Crippen LogP contribution >= 0.6 is 0 Å². The van der Waals surface area contributed by atoms with Crippen LogP contribution in [0.1, 0.15) is 19.4 Å². The molecule has 0 radical (unpaired) electrons. The fourth-order valence-corrected chi connectivity index (χ4v) is 2.61. The molecule has 1 fully saturated rings. The molecule has 6 heteroatoms. The zero-order valence-electron chi connectivity index (χ0n) is 13.1. The van der Waals surface area contributed by atoms with Crippen molar-refractivity contribution in [2.24, 2.45) is 0 Å². The van der Waals surface area contributed by atoms with E-state index in [2.05, 4.69) is 0 Å². The zero-order chi connectivity index (χ0) is 16.3. The van der Waals surface area contributed by atoms with Gasteiger partial charge in [-0.1, -0.05) is 18.2 Å². The summed E-state index contributed by atoms with van der Waals surface area (Å²) < 4.78 is 24.9. The normalized spacial score (nSPS) is 23.0. The highest BCUT2D eigenvalue weighted by molar-refractivity contribution is 5.86. The van der Waals surface area contributed by atoms with Crippen molar-refractivity contribution in [2.75, 3.05) is 26.8 Å². The number of halogens is 1. The van der Waals surface area contributed by atoms with Gasteiger partial charge in [-0.25, -0.2) is 4.39 Å². The Morgan fingerprint density at radius 3 is 2.82 bits per heavy atom.